The molecule has 1 saturated heterocycles. The molecule has 0 atom stereocenters. The highest BCUT2D eigenvalue weighted by atomic mass is 35.5. The second kappa shape index (κ2) is 9.32. The van der Waals surface area contributed by atoms with Crippen LogP contribution < -0.4 is 9.47 Å². The number of rotatable bonds is 6. The average Bonchev–Trinajstić information content (AvgIpc) is 3.27. The zero-order valence-corrected chi connectivity index (χ0v) is 18.1. The number of hydrogen-bond donors (Lipinski definition) is 0. The number of carbonyl (C=O) groups is 1. The van der Waals surface area contributed by atoms with Crippen LogP contribution in [0.2, 0.25) is 5.02 Å². The number of hydrogen-bond acceptors (Lipinski definition) is 7. The van der Waals surface area contributed by atoms with Gasteiger partial charge in [0.1, 0.15) is 6.67 Å². The van der Waals surface area contributed by atoms with Gasteiger partial charge in [-0.15, -0.1) is 15.0 Å². The van der Waals surface area contributed by atoms with Gasteiger partial charge in [0.25, 0.3) is 5.91 Å². The van der Waals surface area contributed by atoms with Crippen molar-refractivity contribution in [2.75, 3.05) is 40.4 Å². The van der Waals surface area contributed by atoms with E-state index in [1.807, 2.05) is 23.1 Å². The number of halogens is 1. The lowest BCUT2D eigenvalue weighted by molar-refractivity contribution is 0.0574. The largest absolute Gasteiger partial charge is 0.493 e. The molecule has 3 aromatic rings. The fraction of sp³-hybridized carbons (Fsp3) is 0.333. The summed E-state index contributed by atoms with van der Waals surface area (Å²) < 4.78 is 10.6. The molecule has 9 nitrogen and oxygen atoms in total. The maximum Gasteiger partial charge on any atom is 0.253 e. The molecule has 1 aliphatic rings. The van der Waals surface area contributed by atoms with Crippen molar-refractivity contribution in [1.29, 1.82) is 0 Å². The van der Waals surface area contributed by atoms with E-state index >= 15 is 0 Å². The van der Waals surface area contributed by atoms with Gasteiger partial charge in [0.05, 0.1) is 14.2 Å². The van der Waals surface area contributed by atoms with Crippen LogP contribution in [-0.4, -0.2) is 76.3 Å². The smallest absolute Gasteiger partial charge is 0.253 e. The van der Waals surface area contributed by atoms with Crippen molar-refractivity contribution in [3.8, 4) is 22.9 Å². The van der Waals surface area contributed by atoms with E-state index < -0.39 is 0 Å². The van der Waals surface area contributed by atoms with Crippen LogP contribution in [0.5, 0.6) is 11.5 Å². The van der Waals surface area contributed by atoms with Crippen LogP contribution in [0.25, 0.3) is 11.4 Å². The molecule has 1 amide bonds. The predicted molar refractivity (Wildman–Crippen MR) is 115 cm³/mol. The van der Waals surface area contributed by atoms with Crippen LogP contribution in [0, 0.1) is 0 Å². The summed E-state index contributed by atoms with van der Waals surface area (Å²) in [7, 11) is 3.18. The lowest BCUT2D eigenvalue weighted by atomic mass is 10.2. The van der Waals surface area contributed by atoms with Crippen molar-refractivity contribution in [3.05, 3.63) is 53.1 Å². The first kappa shape index (κ1) is 21.1. The molecule has 0 spiro atoms. The SMILES string of the molecule is COc1ccc(-c2nnn(CN3CCN(C(=O)c4ccc(Cl)cc4)CC3)n2)cc1OC. The third kappa shape index (κ3) is 4.78. The van der Waals surface area contributed by atoms with Crippen molar-refractivity contribution in [3.63, 3.8) is 0 Å². The average molecular weight is 443 g/mol. The molecule has 0 aliphatic carbocycles. The normalized spacial score (nSPS) is 14.5. The second-order valence-electron chi connectivity index (χ2n) is 7.11. The molecule has 4 rings (SSSR count). The van der Waals surface area contributed by atoms with Crippen LogP contribution >= 0.6 is 11.6 Å². The Hall–Kier alpha value is -3.17. The summed E-state index contributed by atoms with van der Waals surface area (Å²) in [5.74, 6) is 1.78. The summed E-state index contributed by atoms with van der Waals surface area (Å²) in [4.78, 5) is 18.2. The van der Waals surface area contributed by atoms with Gasteiger partial charge in [0.2, 0.25) is 5.82 Å². The topological polar surface area (TPSA) is 85.6 Å². The minimum atomic E-state index is 0.0194. The van der Waals surface area contributed by atoms with E-state index in [0.29, 0.717) is 47.7 Å². The number of tetrazole rings is 1. The molecule has 1 aliphatic heterocycles. The van der Waals surface area contributed by atoms with Gasteiger partial charge >= 0.3 is 0 Å². The Labute approximate surface area is 185 Å². The van der Waals surface area contributed by atoms with Crippen molar-refractivity contribution >= 4 is 17.5 Å². The highest BCUT2D eigenvalue weighted by Gasteiger charge is 2.23. The van der Waals surface area contributed by atoms with Crippen LogP contribution in [-0.2, 0) is 6.67 Å². The monoisotopic (exact) mass is 442 g/mol. The minimum absolute atomic E-state index is 0.0194. The molecule has 1 fully saturated rings. The van der Waals surface area contributed by atoms with Gasteiger partial charge in [0, 0.05) is 42.3 Å². The first-order valence-electron chi connectivity index (χ1n) is 9.85. The first-order valence-corrected chi connectivity index (χ1v) is 10.2. The number of piperazine rings is 1. The molecular weight excluding hydrogens is 420 g/mol. The Morgan fingerprint density at radius 2 is 1.71 bits per heavy atom. The zero-order chi connectivity index (χ0) is 21.8. The Morgan fingerprint density at radius 1 is 1.00 bits per heavy atom. The molecule has 1 aromatic heterocycles. The van der Waals surface area contributed by atoms with Crippen molar-refractivity contribution in [1.82, 2.24) is 30.0 Å². The van der Waals surface area contributed by atoms with E-state index in [9.17, 15) is 4.79 Å². The molecule has 0 unspecified atom stereocenters. The maximum absolute atomic E-state index is 12.6. The zero-order valence-electron chi connectivity index (χ0n) is 17.4. The van der Waals surface area contributed by atoms with Crippen molar-refractivity contribution in [2.45, 2.75) is 6.67 Å². The highest BCUT2D eigenvalue weighted by molar-refractivity contribution is 6.30. The number of methoxy groups -OCH3 is 2. The van der Waals surface area contributed by atoms with Gasteiger partial charge in [-0.3, -0.25) is 9.69 Å². The Balaban J connectivity index is 1.35. The van der Waals surface area contributed by atoms with E-state index in [-0.39, 0.29) is 5.91 Å². The summed E-state index contributed by atoms with van der Waals surface area (Å²) >= 11 is 5.91. The van der Waals surface area contributed by atoms with E-state index in [2.05, 4.69) is 20.3 Å². The fourth-order valence-electron chi connectivity index (χ4n) is 3.44. The molecule has 0 N–H and O–H groups in total. The van der Waals surface area contributed by atoms with E-state index in [0.717, 1.165) is 18.7 Å². The Kier molecular flexibility index (Phi) is 6.34. The molecule has 0 saturated carbocycles. The number of ether oxygens (including phenoxy) is 2. The molecule has 2 aromatic carbocycles. The second-order valence-corrected chi connectivity index (χ2v) is 7.55. The summed E-state index contributed by atoms with van der Waals surface area (Å²) in [5.41, 5.74) is 1.44. The highest BCUT2D eigenvalue weighted by Crippen LogP contribution is 2.30. The Morgan fingerprint density at radius 3 is 2.39 bits per heavy atom. The molecule has 2 heterocycles. The molecule has 162 valence electrons. The van der Waals surface area contributed by atoms with E-state index in [1.165, 1.54) is 0 Å². The third-order valence-electron chi connectivity index (χ3n) is 5.17. The number of amides is 1. The summed E-state index contributed by atoms with van der Waals surface area (Å²) in [5, 5.41) is 13.4. The predicted octanol–water partition coefficient (Wildman–Crippen LogP) is 2.43. The van der Waals surface area contributed by atoms with Crippen LogP contribution in [0.4, 0.5) is 0 Å². The summed E-state index contributed by atoms with van der Waals surface area (Å²) in [6, 6.07) is 12.5. The van der Waals surface area contributed by atoms with Gasteiger partial charge in [0.15, 0.2) is 11.5 Å². The molecule has 0 bridgehead atoms. The number of nitrogens with zero attached hydrogens (tertiary/aromatic N) is 6. The Bertz CT molecular complexity index is 1050. The summed E-state index contributed by atoms with van der Waals surface area (Å²) in [6.45, 7) is 3.24. The van der Waals surface area contributed by atoms with Gasteiger partial charge in [-0.1, -0.05) is 11.6 Å². The van der Waals surface area contributed by atoms with Gasteiger partial charge in [-0.2, -0.15) is 0 Å². The number of benzene rings is 2. The quantitative estimate of drug-likeness (QED) is 0.579. The lowest BCUT2D eigenvalue weighted by Crippen LogP contribution is -2.49. The first-order chi connectivity index (χ1) is 15.1. The third-order valence-corrected chi connectivity index (χ3v) is 5.42. The summed E-state index contributed by atoms with van der Waals surface area (Å²) in [6.07, 6.45) is 0. The van der Waals surface area contributed by atoms with E-state index in [1.54, 1.807) is 43.3 Å². The molecular formula is C21H23ClN6O3. The van der Waals surface area contributed by atoms with Gasteiger partial charge < -0.3 is 14.4 Å². The molecule has 10 heteroatoms. The van der Waals surface area contributed by atoms with Gasteiger partial charge in [-0.05, 0) is 47.7 Å². The molecule has 0 radical (unpaired) electrons. The van der Waals surface area contributed by atoms with Crippen LogP contribution in [0.15, 0.2) is 42.5 Å². The van der Waals surface area contributed by atoms with E-state index in [4.69, 9.17) is 21.1 Å². The maximum atomic E-state index is 12.6. The number of carbonyl (C=O) groups excluding carboxylic acids is 1. The van der Waals surface area contributed by atoms with Crippen molar-refractivity contribution < 1.29 is 14.3 Å². The fourth-order valence-corrected chi connectivity index (χ4v) is 3.57. The lowest BCUT2D eigenvalue weighted by Gasteiger charge is -2.34. The van der Waals surface area contributed by atoms with Crippen molar-refractivity contribution in [2.24, 2.45) is 0 Å². The molecule has 31 heavy (non-hydrogen) atoms. The number of aromatic nitrogens is 4. The minimum Gasteiger partial charge on any atom is -0.493 e. The standard InChI is InChI=1S/C21H23ClN6O3/c1-30-18-8-5-16(13-19(18)31-2)20-23-25-28(24-20)14-26-9-11-27(12-10-26)21(29)15-3-6-17(22)7-4-15/h3-8,13H,9-12,14H2,1-2H3. The van der Waals surface area contributed by atoms with Crippen LogP contribution in [0.1, 0.15) is 10.4 Å². The van der Waals surface area contributed by atoms with Gasteiger partial charge in [-0.25, -0.2) is 0 Å². The van der Waals surface area contributed by atoms with Crippen LogP contribution in [0.3, 0.4) is 0 Å².